The van der Waals surface area contributed by atoms with Gasteiger partial charge < -0.3 is 9.47 Å². The zero-order valence-electron chi connectivity index (χ0n) is 9.57. The first-order valence-electron chi connectivity index (χ1n) is 5.27. The lowest BCUT2D eigenvalue weighted by atomic mass is 9.96. The molecule has 2 nitrogen and oxygen atoms in total. The summed E-state index contributed by atoms with van der Waals surface area (Å²) in [6.07, 6.45) is 7.22. The minimum Gasteiger partial charge on any atom is -0.497 e. The molecule has 1 aliphatic carbocycles. The Balaban J connectivity index is 2.34. The fraction of sp³-hybridized carbons (Fsp3) is 0.214. The fourth-order valence-electron chi connectivity index (χ4n) is 1.76. The standard InChI is InChI=1S/C14H15O2/c1-15-12-9-7-11(8-10-12)13-5-3-4-6-14(13)16-2/h4-10H,3H2,1-2H3. The second kappa shape index (κ2) is 4.88. The van der Waals surface area contributed by atoms with E-state index in [1.807, 2.05) is 30.3 Å². The third-order valence-electron chi connectivity index (χ3n) is 2.61. The maximum Gasteiger partial charge on any atom is 0.122 e. The van der Waals surface area contributed by atoms with E-state index in [-0.39, 0.29) is 0 Å². The number of allylic oxidation sites excluding steroid dienone is 3. The predicted octanol–water partition coefficient (Wildman–Crippen LogP) is 3.22. The minimum atomic E-state index is 0.870. The SMILES string of the molecule is COC1=C(c2ccc(OC)cc2)[CH]CC=C1. The van der Waals surface area contributed by atoms with E-state index >= 15 is 0 Å². The van der Waals surface area contributed by atoms with Crippen LogP contribution in [0.3, 0.4) is 0 Å². The Morgan fingerprint density at radius 1 is 1.00 bits per heavy atom. The van der Waals surface area contributed by atoms with Crippen molar-refractivity contribution in [3.8, 4) is 5.75 Å². The van der Waals surface area contributed by atoms with Gasteiger partial charge in [-0.15, -0.1) is 0 Å². The molecule has 0 unspecified atom stereocenters. The molecular weight excluding hydrogens is 200 g/mol. The van der Waals surface area contributed by atoms with Gasteiger partial charge >= 0.3 is 0 Å². The highest BCUT2D eigenvalue weighted by Gasteiger charge is 2.11. The van der Waals surface area contributed by atoms with Crippen LogP contribution in [0.25, 0.3) is 5.57 Å². The van der Waals surface area contributed by atoms with Gasteiger partial charge in [0.2, 0.25) is 0 Å². The quantitative estimate of drug-likeness (QED) is 0.770. The highest BCUT2D eigenvalue weighted by Crippen LogP contribution is 2.28. The lowest BCUT2D eigenvalue weighted by molar-refractivity contribution is 0.308. The van der Waals surface area contributed by atoms with Gasteiger partial charge in [0.1, 0.15) is 11.5 Å². The van der Waals surface area contributed by atoms with Crippen molar-refractivity contribution in [1.82, 2.24) is 0 Å². The van der Waals surface area contributed by atoms with Crippen LogP contribution < -0.4 is 4.74 Å². The number of ether oxygens (including phenoxy) is 2. The van der Waals surface area contributed by atoms with Crippen LogP contribution in [0.2, 0.25) is 0 Å². The number of methoxy groups -OCH3 is 2. The van der Waals surface area contributed by atoms with E-state index in [1.54, 1.807) is 14.2 Å². The van der Waals surface area contributed by atoms with Crippen molar-refractivity contribution < 1.29 is 9.47 Å². The summed E-state index contributed by atoms with van der Waals surface area (Å²) in [4.78, 5) is 0. The zero-order valence-corrected chi connectivity index (χ0v) is 9.57. The van der Waals surface area contributed by atoms with Crippen LogP contribution in [0.5, 0.6) is 5.75 Å². The number of benzene rings is 1. The van der Waals surface area contributed by atoms with Gasteiger partial charge in [0, 0.05) is 5.57 Å². The van der Waals surface area contributed by atoms with Gasteiger partial charge in [0.05, 0.1) is 14.2 Å². The fourth-order valence-corrected chi connectivity index (χ4v) is 1.76. The first-order chi connectivity index (χ1) is 7.85. The average Bonchev–Trinajstić information content (AvgIpc) is 2.39. The van der Waals surface area contributed by atoms with Gasteiger partial charge in [-0.1, -0.05) is 18.2 Å². The Hall–Kier alpha value is -1.70. The van der Waals surface area contributed by atoms with Crippen LogP contribution in [0, 0.1) is 6.42 Å². The van der Waals surface area contributed by atoms with Crippen LogP contribution in [0.1, 0.15) is 12.0 Å². The van der Waals surface area contributed by atoms with Crippen LogP contribution >= 0.6 is 0 Å². The molecule has 0 spiro atoms. The van der Waals surface area contributed by atoms with Gasteiger partial charge in [-0.25, -0.2) is 0 Å². The molecule has 0 saturated carbocycles. The Morgan fingerprint density at radius 2 is 1.75 bits per heavy atom. The monoisotopic (exact) mass is 215 g/mol. The lowest BCUT2D eigenvalue weighted by Crippen LogP contribution is -1.97. The molecule has 83 valence electrons. The van der Waals surface area contributed by atoms with Gasteiger partial charge in [-0.05, 0) is 36.6 Å². The molecule has 0 N–H and O–H groups in total. The molecule has 2 rings (SSSR count). The predicted molar refractivity (Wildman–Crippen MR) is 65.0 cm³/mol. The van der Waals surface area contributed by atoms with Gasteiger partial charge in [0.25, 0.3) is 0 Å². The highest BCUT2D eigenvalue weighted by atomic mass is 16.5. The molecule has 2 heteroatoms. The van der Waals surface area contributed by atoms with E-state index < -0.39 is 0 Å². The van der Waals surface area contributed by atoms with Crippen LogP contribution in [-0.4, -0.2) is 14.2 Å². The Labute approximate surface area is 96.2 Å². The van der Waals surface area contributed by atoms with Gasteiger partial charge in [-0.2, -0.15) is 0 Å². The van der Waals surface area contributed by atoms with Crippen LogP contribution in [0.15, 0.2) is 42.2 Å². The van der Waals surface area contributed by atoms with Crippen LogP contribution in [-0.2, 0) is 4.74 Å². The zero-order chi connectivity index (χ0) is 11.4. The molecule has 0 atom stereocenters. The summed E-state index contributed by atoms with van der Waals surface area (Å²) in [5.74, 6) is 1.78. The third-order valence-corrected chi connectivity index (χ3v) is 2.61. The second-order valence-corrected chi connectivity index (χ2v) is 3.55. The largest absolute Gasteiger partial charge is 0.497 e. The number of hydrogen-bond donors (Lipinski definition) is 0. The lowest BCUT2D eigenvalue weighted by Gasteiger charge is -2.15. The molecule has 16 heavy (non-hydrogen) atoms. The molecule has 0 fully saturated rings. The maximum absolute atomic E-state index is 5.35. The van der Waals surface area contributed by atoms with Crippen molar-refractivity contribution >= 4 is 5.57 Å². The molecular formula is C14H15O2. The van der Waals surface area contributed by atoms with Crippen LogP contribution in [0.4, 0.5) is 0 Å². The first kappa shape index (κ1) is 10.8. The van der Waals surface area contributed by atoms with E-state index in [0.717, 1.165) is 29.1 Å². The third kappa shape index (κ3) is 2.11. The molecule has 1 aliphatic rings. The summed E-state index contributed by atoms with van der Waals surface area (Å²) < 4.78 is 10.5. The Morgan fingerprint density at radius 3 is 2.38 bits per heavy atom. The van der Waals surface area contributed by atoms with E-state index in [0.29, 0.717) is 0 Å². The molecule has 0 bridgehead atoms. The summed E-state index contributed by atoms with van der Waals surface area (Å²) in [5, 5.41) is 0. The first-order valence-corrected chi connectivity index (χ1v) is 5.27. The van der Waals surface area contributed by atoms with E-state index in [1.165, 1.54) is 0 Å². The molecule has 0 heterocycles. The summed E-state index contributed by atoms with van der Waals surface area (Å²) in [7, 11) is 3.37. The highest BCUT2D eigenvalue weighted by molar-refractivity contribution is 5.76. The van der Waals surface area contributed by atoms with Crippen molar-refractivity contribution in [3.05, 3.63) is 54.2 Å². The minimum absolute atomic E-state index is 0.870. The molecule has 0 saturated heterocycles. The summed E-state index contributed by atoms with van der Waals surface area (Å²) in [5.41, 5.74) is 2.30. The van der Waals surface area contributed by atoms with Crippen molar-refractivity contribution in [1.29, 1.82) is 0 Å². The molecule has 1 radical (unpaired) electrons. The molecule has 0 aliphatic heterocycles. The van der Waals surface area contributed by atoms with E-state index in [9.17, 15) is 0 Å². The Kier molecular flexibility index (Phi) is 3.30. The topological polar surface area (TPSA) is 18.5 Å². The van der Waals surface area contributed by atoms with E-state index in [2.05, 4.69) is 12.5 Å². The summed E-state index contributed by atoms with van der Waals surface area (Å²) in [6.45, 7) is 0. The average molecular weight is 215 g/mol. The maximum atomic E-state index is 5.35. The molecule has 0 amide bonds. The smallest absolute Gasteiger partial charge is 0.122 e. The van der Waals surface area contributed by atoms with Gasteiger partial charge in [0.15, 0.2) is 0 Å². The molecule has 1 aromatic carbocycles. The normalized spacial score (nSPS) is 15.1. The van der Waals surface area contributed by atoms with Crippen molar-refractivity contribution in [2.45, 2.75) is 6.42 Å². The number of hydrogen-bond acceptors (Lipinski definition) is 2. The molecule has 1 aromatic rings. The van der Waals surface area contributed by atoms with Crippen molar-refractivity contribution in [2.75, 3.05) is 14.2 Å². The Bertz CT molecular complexity index is 413. The number of rotatable bonds is 3. The summed E-state index contributed by atoms with van der Waals surface area (Å²) in [6, 6.07) is 8.01. The van der Waals surface area contributed by atoms with E-state index in [4.69, 9.17) is 9.47 Å². The van der Waals surface area contributed by atoms with Gasteiger partial charge in [-0.3, -0.25) is 0 Å². The summed E-state index contributed by atoms with van der Waals surface area (Å²) >= 11 is 0. The second-order valence-electron chi connectivity index (χ2n) is 3.55. The van der Waals surface area contributed by atoms with Crippen molar-refractivity contribution in [3.63, 3.8) is 0 Å². The molecule has 0 aromatic heterocycles. The van der Waals surface area contributed by atoms with Crippen molar-refractivity contribution in [2.24, 2.45) is 0 Å².